The Balaban J connectivity index is 3.72. The molecule has 0 aromatic heterocycles. The van der Waals surface area contributed by atoms with E-state index >= 15 is 0 Å². The molecule has 4 N–H and O–H groups in total. The van der Waals surface area contributed by atoms with Crippen LogP contribution in [0.15, 0.2) is 0 Å². The second-order valence-electron chi connectivity index (χ2n) is 2.46. The van der Waals surface area contributed by atoms with Gasteiger partial charge in [-0.3, -0.25) is 9.59 Å². The van der Waals surface area contributed by atoms with Gasteiger partial charge < -0.3 is 20.4 Å². The predicted molar refractivity (Wildman–Crippen MR) is 43.9 cm³/mol. The molecule has 0 heterocycles. The van der Waals surface area contributed by atoms with E-state index < -0.39 is 34.1 Å². The van der Waals surface area contributed by atoms with Gasteiger partial charge in [-0.25, -0.2) is 0 Å². The Kier molecular flexibility index (Phi) is 2.29. The largest absolute Gasteiger partial charge is 0.506 e. The first-order chi connectivity index (χ1) is 6.54. The van der Waals surface area contributed by atoms with E-state index in [1.165, 1.54) is 0 Å². The Morgan fingerprint density at radius 3 is 1.29 bits per heavy atom. The van der Waals surface area contributed by atoms with E-state index in [2.05, 4.69) is 0 Å². The predicted octanol–water partition coefficient (Wildman–Crippen LogP) is 0.134. The standard InChI is InChI=1S/C8H6O6/c9-1-3-5(11)4(2-10)7(13)8(14)6(3)12/h1-2,11-14H. The minimum atomic E-state index is -1.02. The smallest absolute Gasteiger partial charge is 0.202 e. The first-order valence-corrected chi connectivity index (χ1v) is 3.44. The molecule has 0 spiro atoms. The van der Waals surface area contributed by atoms with Gasteiger partial charge in [-0.05, 0) is 0 Å². The summed E-state index contributed by atoms with van der Waals surface area (Å²) in [5.74, 6) is -3.84. The fraction of sp³-hybridized carbons (Fsp3) is 0. The lowest BCUT2D eigenvalue weighted by molar-refractivity contribution is 0.111. The van der Waals surface area contributed by atoms with Crippen LogP contribution >= 0.6 is 0 Å². The second-order valence-corrected chi connectivity index (χ2v) is 2.46. The third-order valence-electron chi connectivity index (χ3n) is 1.70. The van der Waals surface area contributed by atoms with Crippen LogP contribution < -0.4 is 0 Å². The van der Waals surface area contributed by atoms with Crippen LogP contribution in [0.3, 0.4) is 0 Å². The molecule has 14 heavy (non-hydrogen) atoms. The van der Waals surface area contributed by atoms with Gasteiger partial charge in [0.05, 0.1) is 0 Å². The SMILES string of the molecule is O=Cc1c(O)c(O)c(O)c(C=O)c1O. The number of carbonyl (C=O) groups is 2. The van der Waals surface area contributed by atoms with Crippen LogP contribution in [0.25, 0.3) is 0 Å². The summed E-state index contributed by atoms with van der Waals surface area (Å²) in [6.45, 7) is 0. The number of aldehydes is 2. The van der Waals surface area contributed by atoms with Gasteiger partial charge in [-0.1, -0.05) is 0 Å². The molecule has 0 saturated carbocycles. The zero-order chi connectivity index (χ0) is 10.9. The maximum atomic E-state index is 10.4. The summed E-state index contributed by atoms with van der Waals surface area (Å²) in [4.78, 5) is 20.7. The number of phenols is 4. The molecule has 0 aliphatic rings. The third kappa shape index (κ3) is 1.13. The number of aromatic hydroxyl groups is 4. The molecule has 0 unspecified atom stereocenters. The molecule has 0 fully saturated rings. The normalized spacial score (nSPS) is 9.71. The third-order valence-corrected chi connectivity index (χ3v) is 1.70. The minimum absolute atomic E-state index is 0.0524. The molecule has 6 heteroatoms. The van der Waals surface area contributed by atoms with Gasteiger partial charge in [0.2, 0.25) is 5.75 Å². The average molecular weight is 198 g/mol. The van der Waals surface area contributed by atoms with Crippen molar-refractivity contribution in [2.45, 2.75) is 0 Å². The minimum Gasteiger partial charge on any atom is -0.506 e. The van der Waals surface area contributed by atoms with Crippen LogP contribution in [0.2, 0.25) is 0 Å². The van der Waals surface area contributed by atoms with Crippen molar-refractivity contribution >= 4 is 12.6 Å². The molecule has 0 aliphatic carbocycles. The van der Waals surface area contributed by atoms with E-state index in [0.29, 0.717) is 0 Å². The topological polar surface area (TPSA) is 115 Å². The van der Waals surface area contributed by atoms with Gasteiger partial charge in [0.25, 0.3) is 0 Å². The Bertz CT molecular complexity index is 374. The summed E-state index contributed by atoms with van der Waals surface area (Å²) >= 11 is 0. The second kappa shape index (κ2) is 3.25. The van der Waals surface area contributed by atoms with Crippen molar-refractivity contribution in [3.8, 4) is 23.0 Å². The highest BCUT2D eigenvalue weighted by molar-refractivity contribution is 5.95. The van der Waals surface area contributed by atoms with Crippen molar-refractivity contribution in [2.75, 3.05) is 0 Å². The van der Waals surface area contributed by atoms with Gasteiger partial charge in [-0.2, -0.15) is 0 Å². The number of hydrogen-bond acceptors (Lipinski definition) is 6. The molecule has 0 radical (unpaired) electrons. The first kappa shape index (κ1) is 9.85. The Morgan fingerprint density at radius 2 is 1.00 bits per heavy atom. The van der Waals surface area contributed by atoms with Crippen molar-refractivity contribution in [3.63, 3.8) is 0 Å². The zero-order valence-electron chi connectivity index (χ0n) is 6.76. The zero-order valence-corrected chi connectivity index (χ0v) is 6.76. The lowest BCUT2D eigenvalue weighted by Gasteiger charge is -2.08. The maximum Gasteiger partial charge on any atom is 0.202 e. The average Bonchev–Trinajstić information content (AvgIpc) is 2.16. The molecule has 1 aromatic rings. The van der Waals surface area contributed by atoms with Crippen molar-refractivity contribution in [3.05, 3.63) is 11.1 Å². The van der Waals surface area contributed by atoms with Gasteiger partial charge in [-0.15, -0.1) is 0 Å². The molecule has 0 amide bonds. The van der Waals surface area contributed by atoms with Crippen molar-refractivity contribution in [1.82, 2.24) is 0 Å². The van der Waals surface area contributed by atoms with E-state index in [1.54, 1.807) is 0 Å². The summed E-state index contributed by atoms with van der Waals surface area (Å²) in [5, 5.41) is 36.3. The molecular weight excluding hydrogens is 192 g/mol. The van der Waals surface area contributed by atoms with E-state index in [-0.39, 0.29) is 12.6 Å². The molecular formula is C8H6O6. The Labute approximate surface area is 77.7 Å². The van der Waals surface area contributed by atoms with E-state index in [9.17, 15) is 14.7 Å². The van der Waals surface area contributed by atoms with Crippen molar-refractivity contribution in [2.24, 2.45) is 0 Å². The lowest BCUT2D eigenvalue weighted by atomic mass is 10.1. The van der Waals surface area contributed by atoms with Gasteiger partial charge in [0.15, 0.2) is 24.1 Å². The highest BCUT2D eigenvalue weighted by Crippen LogP contribution is 2.44. The summed E-state index contributed by atoms with van der Waals surface area (Å²) in [5.41, 5.74) is -1.30. The number of hydrogen-bond donors (Lipinski definition) is 4. The van der Waals surface area contributed by atoms with Crippen LogP contribution in [0.5, 0.6) is 23.0 Å². The molecule has 74 valence electrons. The van der Waals surface area contributed by atoms with Crippen LogP contribution in [0, 0.1) is 0 Å². The molecule has 1 aromatic carbocycles. The van der Waals surface area contributed by atoms with Crippen LogP contribution in [-0.4, -0.2) is 33.0 Å². The van der Waals surface area contributed by atoms with Gasteiger partial charge in [0, 0.05) is 0 Å². The van der Waals surface area contributed by atoms with Crippen LogP contribution in [0.4, 0.5) is 0 Å². The fourth-order valence-corrected chi connectivity index (χ4v) is 0.960. The monoisotopic (exact) mass is 198 g/mol. The maximum absolute atomic E-state index is 10.4. The van der Waals surface area contributed by atoms with Crippen LogP contribution in [0.1, 0.15) is 20.7 Å². The fourth-order valence-electron chi connectivity index (χ4n) is 0.960. The molecule has 1 rings (SSSR count). The van der Waals surface area contributed by atoms with E-state index in [4.69, 9.17) is 15.3 Å². The molecule has 0 saturated heterocycles. The van der Waals surface area contributed by atoms with Crippen molar-refractivity contribution in [1.29, 1.82) is 0 Å². The summed E-state index contributed by atoms with van der Waals surface area (Å²) in [6.07, 6.45) is 0.105. The highest BCUT2D eigenvalue weighted by Gasteiger charge is 2.22. The van der Waals surface area contributed by atoms with Gasteiger partial charge in [0.1, 0.15) is 16.9 Å². The highest BCUT2D eigenvalue weighted by atomic mass is 16.3. The van der Waals surface area contributed by atoms with Crippen LogP contribution in [-0.2, 0) is 0 Å². The summed E-state index contributed by atoms with van der Waals surface area (Å²) in [6, 6.07) is 0. The summed E-state index contributed by atoms with van der Waals surface area (Å²) in [7, 11) is 0. The molecule has 0 bridgehead atoms. The first-order valence-electron chi connectivity index (χ1n) is 3.44. The van der Waals surface area contributed by atoms with Gasteiger partial charge >= 0.3 is 0 Å². The summed E-state index contributed by atoms with van der Waals surface area (Å²) < 4.78 is 0. The number of benzene rings is 1. The number of carbonyl (C=O) groups excluding carboxylic acids is 2. The molecule has 6 nitrogen and oxygen atoms in total. The van der Waals surface area contributed by atoms with E-state index in [0.717, 1.165) is 0 Å². The number of rotatable bonds is 2. The van der Waals surface area contributed by atoms with E-state index in [1.807, 2.05) is 0 Å². The molecule has 0 aliphatic heterocycles. The van der Waals surface area contributed by atoms with Crippen molar-refractivity contribution < 1.29 is 30.0 Å². The Hall–Kier alpha value is -2.24. The quantitative estimate of drug-likeness (QED) is 0.305. The molecule has 0 atom stereocenters. The lowest BCUT2D eigenvalue weighted by Crippen LogP contribution is -1.91. The number of phenolic OH excluding ortho intramolecular Hbond substituents is 4. The Morgan fingerprint density at radius 1 is 0.643 bits per heavy atom.